The first-order valence-corrected chi connectivity index (χ1v) is 4.92. The Hall–Kier alpha value is -1.51. The Morgan fingerprint density at radius 3 is 2.53 bits per heavy atom. The molecular weight excluding hydrogens is 192 g/mol. The summed E-state index contributed by atoms with van der Waals surface area (Å²) in [7, 11) is 1.37. The van der Waals surface area contributed by atoms with Crippen molar-refractivity contribution in [3.8, 4) is 5.75 Å². The zero-order valence-electron chi connectivity index (χ0n) is 9.59. The van der Waals surface area contributed by atoms with Crippen LogP contribution < -0.4 is 4.74 Å². The molecule has 3 nitrogen and oxygen atoms in total. The number of esters is 1. The van der Waals surface area contributed by atoms with Crippen molar-refractivity contribution in [2.24, 2.45) is 0 Å². The molecule has 0 aliphatic heterocycles. The van der Waals surface area contributed by atoms with E-state index in [1.807, 2.05) is 26.8 Å². The van der Waals surface area contributed by atoms with E-state index < -0.39 is 0 Å². The number of methoxy groups -OCH3 is 1. The van der Waals surface area contributed by atoms with E-state index >= 15 is 0 Å². The van der Waals surface area contributed by atoms with E-state index in [2.05, 4.69) is 0 Å². The predicted molar refractivity (Wildman–Crippen MR) is 58.4 cm³/mol. The van der Waals surface area contributed by atoms with Gasteiger partial charge in [-0.05, 0) is 38.0 Å². The molecule has 0 spiro atoms. The van der Waals surface area contributed by atoms with Gasteiger partial charge >= 0.3 is 5.97 Å². The first-order chi connectivity index (χ1) is 7.10. The van der Waals surface area contributed by atoms with Crippen molar-refractivity contribution in [3.05, 3.63) is 28.8 Å². The van der Waals surface area contributed by atoms with Gasteiger partial charge in [-0.1, -0.05) is 6.07 Å². The van der Waals surface area contributed by atoms with Gasteiger partial charge in [0.1, 0.15) is 11.3 Å². The monoisotopic (exact) mass is 208 g/mol. The molecule has 0 amide bonds. The Morgan fingerprint density at radius 1 is 1.33 bits per heavy atom. The molecule has 0 N–H and O–H groups in total. The standard InChI is InChI=1S/C12H16O3/c1-5-15-11-9(3)6-8(2)7-10(11)12(13)14-4/h6-7H,5H2,1-4H3. The molecular formula is C12H16O3. The largest absolute Gasteiger partial charge is 0.493 e. The van der Waals surface area contributed by atoms with E-state index in [0.29, 0.717) is 17.9 Å². The molecule has 0 aromatic heterocycles. The van der Waals surface area contributed by atoms with Crippen molar-refractivity contribution >= 4 is 5.97 Å². The average Bonchev–Trinajstić information content (AvgIpc) is 2.20. The number of carbonyl (C=O) groups excluding carboxylic acids is 1. The SMILES string of the molecule is CCOc1c(C)cc(C)cc1C(=O)OC. The van der Waals surface area contributed by atoms with Crippen LogP contribution in [0.2, 0.25) is 0 Å². The van der Waals surface area contributed by atoms with Gasteiger partial charge in [0.15, 0.2) is 0 Å². The van der Waals surface area contributed by atoms with Gasteiger partial charge in [-0.15, -0.1) is 0 Å². The van der Waals surface area contributed by atoms with Crippen molar-refractivity contribution in [2.45, 2.75) is 20.8 Å². The van der Waals surface area contributed by atoms with E-state index in [1.165, 1.54) is 7.11 Å². The van der Waals surface area contributed by atoms with Crippen LogP contribution in [-0.2, 0) is 4.74 Å². The van der Waals surface area contributed by atoms with Crippen molar-refractivity contribution in [3.63, 3.8) is 0 Å². The van der Waals surface area contributed by atoms with E-state index in [1.54, 1.807) is 6.07 Å². The lowest BCUT2D eigenvalue weighted by Crippen LogP contribution is -2.07. The average molecular weight is 208 g/mol. The van der Waals surface area contributed by atoms with Crippen LogP contribution in [0.5, 0.6) is 5.75 Å². The van der Waals surface area contributed by atoms with Gasteiger partial charge < -0.3 is 9.47 Å². The van der Waals surface area contributed by atoms with Crippen LogP contribution >= 0.6 is 0 Å². The van der Waals surface area contributed by atoms with Crippen molar-refractivity contribution in [1.82, 2.24) is 0 Å². The molecule has 1 rings (SSSR count). The quantitative estimate of drug-likeness (QED) is 0.716. The molecule has 0 unspecified atom stereocenters. The van der Waals surface area contributed by atoms with Crippen LogP contribution in [0, 0.1) is 13.8 Å². The van der Waals surface area contributed by atoms with Gasteiger partial charge in [-0.2, -0.15) is 0 Å². The highest BCUT2D eigenvalue weighted by atomic mass is 16.5. The fourth-order valence-corrected chi connectivity index (χ4v) is 1.55. The number of hydrogen-bond donors (Lipinski definition) is 0. The zero-order chi connectivity index (χ0) is 11.4. The summed E-state index contributed by atoms with van der Waals surface area (Å²) in [6, 6.07) is 3.77. The molecule has 0 bridgehead atoms. The zero-order valence-corrected chi connectivity index (χ0v) is 9.59. The number of hydrogen-bond acceptors (Lipinski definition) is 3. The molecule has 0 saturated heterocycles. The maximum atomic E-state index is 11.5. The summed E-state index contributed by atoms with van der Waals surface area (Å²) in [4.78, 5) is 11.5. The lowest BCUT2D eigenvalue weighted by atomic mass is 10.1. The van der Waals surface area contributed by atoms with Crippen LogP contribution in [-0.4, -0.2) is 19.7 Å². The molecule has 82 valence electrons. The first-order valence-electron chi connectivity index (χ1n) is 4.92. The molecule has 0 aliphatic carbocycles. The number of aryl methyl sites for hydroxylation is 2. The molecule has 1 aromatic rings. The Labute approximate surface area is 90.0 Å². The fraction of sp³-hybridized carbons (Fsp3) is 0.417. The van der Waals surface area contributed by atoms with Crippen LogP contribution in [0.15, 0.2) is 12.1 Å². The second kappa shape index (κ2) is 4.82. The minimum Gasteiger partial charge on any atom is -0.493 e. The summed E-state index contributed by atoms with van der Waals surface area (Å²) in [5.74, 6) is 0.264. The lowest BCUT2D eigenvalue weighted by molar-refractivity contribution is 0.0596. The second-order valence-corrected chi connectivity index (χ2v) is 3.38. The normalized spacial score (nSPS) is 9.87. The van der Waals surface area contributed by atoms with Gasteiger partial charge in [0.25, 0.3) is 0 Å². The van der Waals surface area contributed by atoms with E-state index in [4.69, 9.17) is 9.47 Å². The maximum absolute atomic E-state index is 11.5. The molecule has 15 heavy (non-hydrogen) atoms. The van der Waals surface area contributed by atoms with Crippen LogP contribution in [0.3, 0.4) is 0 Å². The molecule has 0 atom stereocenters. The van der Waals surface area contributed by atoms with Gasteiger partial charge in [-0.3, -0.25) is 0 Å². The topological polar surface area (TPSA) is 35.5 Å². The Bertz CT molecular complexity index is 369. The highest BCUT2D eigenvalue weighted by Gasteiger charge is 2.15. The Kier molecular flexibility index (Phi) is 3.72. The number of carbonyl (C=O) groups is 1. The van der Waals surface area contributed by atoms with Gasteiger partial charge in [0, 0.05) is 0 Å². The summed E-state index contributed by atoms with van der Waals surface area (Å²) in [6.45, 7) is 6.29. The molecule has 3 heteroatoms. The third-order valence-electron chi connectivity index (χ3n) is 2.11. The molecule has 0 heterocycles. The molecule has 0 radical (unpaired) electrons. The highest BCUT2D eigenvalue weighted by Crippen LogP contribution is 2.25. The van der Waals surface area contributed by atoms with Crippen molar-refractivity contribution < 1.29 is 14.3 Å². The van der Waals surface area contributed by atoms with Crippen molar-refractivity contribution in [2.75, 3.05) is 13.7 Å². The number of rotatable bonds is 3. The molecule has 0 saturated carbocycles. The first kappa shape index (κ1) is 11.6. The maximum Gasteiger partial charge on any atom is 0.341 e. The van der Waals surface area contributed by atoms with E-state index in [9.17, 15) is 4.79 Å². The minimum atomic E-state index is -0.356. The van der Waals surface area contributed by atoms with E-state index in [-0.39, 0.29) is 5.97 Å². The van der Waals surface area contributed by atoms with E-state index in [0.717, 1.165) is 11.1 Å². The van der Waals surface area contributed by atoms with Crippen LogP contribution in [0.25, 0.3) is 0 Å². The molecule has 0 fully saturated rings. The second-order valence-electron chi connectivity index (χ2n) is 3.38. The fourth-order valence-electron chi connectivity index (χ4n) is 1.55. The lowest BCUT2D eigenvalue weighted by Gasteiger charge is -2.12. The third kappa shape index (κ3) is 2.49. The molecule has 1 aromatic carbocycles. The van der Waals surface area contributed by atoms with Gasteiger partial charge in [0.05, 0.1) is 13.7 Å². The van der Waals surface area contributed by atoms with Crippen molar-refractivity contribution in [1.29, 1.82) is 0 Å². The summed E-state index contributed by atoms with van der Waals surface area (Å²) in [5, 5.41) is 0. The smallest absolute Gasteiger partial charge is 0.341 e. The summed E-state index contributed by atoms with van der Waals surface area (Å²) >= 11 is 0. The summed E-state index contributed by atoms with van der Waals surface area (Å²) in [5.41, 5.74) is 2.48. The Balaban J connectivity index is 3.26. The van der Waals surface area contributed by atoms with Gasteiger partial charge in [0.2, 0.25) is 0 Å². The molecule has 0 aliphatic rings. The number of benzene rings is 1. The summed E-state index contributed by atoms with van der Waals surface area (Å²) in [6.07, 6.45) is 0. The minimum absolute atomic E-state index is 0.356. The summed E-state index contributed by atoms with van der Waals surface area (Å²) < 4.78 is 10.2. The predicted octanol–water partition coefficient (Wildman–Crippen LogP) is 2.49. The third-order valence-corrected chi connectivity index (χ3v) is 2.11. The van der Waals surface area contributed by atoms with Gasteiger partial charge in [-0.25, -0.2) is 4.79 Å². The Morgan fingerprint density at radius 2 is 2.00 bits per heavy atom. The van der Waals surface area contributed by atoms with Crippen LogP contribution in [0.1, 0.15) is 28.4 Å². The number of ether oxygens (including phenoxy) is 2. The van der Waals surface area contributed by atoms with Crippen LogP contribution in [0.4, 0.5) is 0 Å². The highest BCUT2D eigenvalue weighted by molar-refractivity contribution is 5.93.